The van der Waals surface area contributed by atoms with Crippen LogP contribution in [0, 0.1) is 13.8 Å². The van der Waals surface area contributed by atoms with Gasteiger partial charge in [0.05, 0.1) is 13.5 Å². The summed E-state index contributed by atoms with van der Waals surface area (Å²) < 4.78 is 5.32. The number of carbonyl (C=O) groups excluding carboxylic acids is 2. The maximum absolute atomic E-state index is 13.4. The van der Waals surface area contributed by atoms with E-state index >= 15 is 0 Å². The predicted molar refractivity (Wildman–Crippen MR) is 121 cm³/mol. The average Bonchev–Trinajstić information content (AvgIpc) is 2.70. The number of hydrogen-bond donors (Lipinski definition) is 1. The number of hydrogen-bond acceptors (Lipinski definition) is 3. The lowest BCUT2D eigenvalue weighted by Gasteiger charge is -2.31. The Bertz CT molecular complexity index is 876. The van der Waals surface area contributed by atoms with Gasteiger partial charge in [0.1, 0.15) is 11.8 Å². The zero-order valence-electron chi connectivity index (χ0n) is 19.0. The van der Waals surface area contributed by atoms with E-state index in [4.69, 9.17) is 4.74 Å². The van der Waals surface area contributed by atoms with Crippen LogP contribution in [0.3, 0.4) is 0 Å². The summed E-state index contributed by atoms with van der Waals surface area (Å²) in [7, 11) is 1.62. The summed E-state index contributed by atoms with van der Waals surface area (Å²) in [4.78, 5) is 27.9. The van der Waals surface area contributed by atoms with Crippen LogP contribution in [0.25, 0.3) is 0 Å². The SMILES string of the molecule is CC[C@@H](C(=O)NC(C)C)N(Cc1cccc(OC)c1)C(=O)Cc1ccc(C)c(C)c1. The molecule has 0 radical (unpaired) electrons. The standard InChI is InChI=1S/C25H34N2O3/c1-7-23(25(29)26-17(2)3)27(16-21-9-8-10-22(14-21)30-6)24(28)15-20-12-11-18(4)19(5)13-20/h8-14,17,23H,7,15-16H2,1-6H3,(H,26,29)/t23-/m0/s1. The normalized spacial score (nSPS) is 11.8. The van der Waals surface area contributed by atoms with E-state index < -0.39 is 6.04 Å². The first-order valence-electron chi connectivity index (χ1n) is 10.5. The Morgan fingerprint density at radius 3 is 2.37 bits per heavy atom. The molecule has 30 heavy (non-hydrogen) atoms. The van der Waals surface area contributed by atoms with E-state index in [1.54, 1.807) is 12.0 Å². The van der Waals surface area contributed by atoms with Crippen LogP contribution in [-0.2, 0) is 22.6 Å². The molecular weight excluding hydrogens is 376 g/mol. The molecule has 0 unspecified atom stereocenters. The Labute approximate surface area is 180 Å². The van der Waals surface area contributed by atoms with Gasteiger partial charge in [0, 0.05) is 12.6 Å². The molecule has 162 valence electrons. The molecule has 1 atom stereocenters. The topological polar surface area (TPSA) is 58.6 Å². The number of aryl methyl sites for hydroxylation is 2. The van der Waals surface area contributed by atoms with E-state index in [9.17, 15) is 9.59 Å². The van der Waals surface area contributed by atoms with Crippen LogP contribution in [0.15, 0.2) is 42.5 Å². The number of methoxy groups -OCH3 is 1. The molecule has 0 spiro atoms. The van der Waals surface area contributed by atoms with E-state index in [-0.39, 0.29) is 24.3 Å². The van der Waals surface area contributed by atoms with Crippen LogP contribution >= 0.6 is 0 Å². The number of amides is 2. The van der Waals surface area contributed by atoms with Gasteiger partial charge < -0.3 is 15.0 Å². The molecule has 0 aliphatic carbocycles. The first kappa shape index (κ1) is 23.5. The lowest BCUT2D eigenvalue weighted by molar-refractivity contribution is -0.141. The highest BCUT2D eigenvalue weighted by atomic mass is 16.5. The third-order valence-electron chi connectivity index (χ3n) is 5.23. The van der Waals surface area contributed by atoms with E-state index in [0.717, 1.165) is 22.4 Å². The molecule has 0 aromatic heterocycles. The third kappa shape index (κ3) is 6.34. The molecule has 5 nitrogen and oxygen atoms in total. The number of carbonyl (C=O) groups is 2. The van der Waals surface area contributed by atoms with Crippen molar-refractivity contribution in [2.24, 2.45) is 0 Å². The summed E-state index contributed by atoms with van der Waals surface area (Å²) in [6.07, 6.45) is 0.803. The Hall–Kier alpha value is -2.82. The summed E-state index contributed by atoms with van der Waals surface area (Å²) in [5.74, 6) is 0.546. The van der Waals surface area contributed by atoms with Crippen LogP contribution in [0.1, 0.15) is 49.4 Å². The molecule has 0 saturated carbocycles. The molecule has 2 aromatic carbocycles. The fourth-order valence-electron chi connectivity index (χ4n) is 3.46. The zero-order valence-corrected chi connectivity index (χ0v) is 19.0. The minimum absolute atomic E-state index is 0.0140. The second-order valence-electron chi connectivity index (χ2n) is 8.06. The maximum Gasteiger partial charge on any atom is 0.243 e. The summed E-state index contributed by atoms with van der Waals surface area (Å²) in [6.45, 7) is 10.2. The van der Waals surface area contributed by atoms with Gasteiger partial charge in [0.25, 0.3) is 0 Å². The number of nitrogens with zero attached hydrogens (tertiary/aromatic N) is 1. The largest absolute Gasteiger partial charge is 0.497 e. The van der Waals surface area contributed by atoms with Crippen molar-refractivity contribution in [1.29, 1.82) is 0 Å². The summed E-state index contributed by atoms with van der Waals surface area (Å²) in [5.41, 5.74) is 4.24. The fourth-order valence-corrected chi connectivity index (χ4v) is 3.46. The van der Waals surface area contributed by atoms with Gasteiger partial charge in [0.15, 0.2) is 0 Å². The van der Waals surface area contributed by atoms with Crippen LogP contribution < -0.4 is 10.1 Å². The molecule has 2 amide bonds. The van der Waals surface area contributed by atoms with Crippen molar-refractivity contribution in [2.75, 3.05) is 7.11 Å². The number of ether oxygens (including phenoxy) is 1. The van der Waals surface area contributed by atoms with E-state index in [1.807, 2.05) is 70.2 Å². The third-order valence-corrected chi connectivity index (χ3v) is 5.23. The Balaban J connectivity index is 2.33. The van der Waals surface area contributed by atoms with Crippen LogP contribution in [0.4, 0.5) is 0 Å². The lowest BCUT2D eigenvalue weighted by Crippen LogP contribution is -2.50. The quantitative estimate of drug-likeness (QED) is 0.674. The van der Waals surface area contributed by atoms with E-state index in [0.29, 0.717) is 13.0 Å². The molecule has 2 aromatic rings. The molecular formula is C25H34N2O3. The summed E-state index contributed by atoms with van der Waals surface area (Å²) in [6, 6.07) is 13.2. The van der Waals surface area contributed by atoms with Gasteiger partial charge >= 0.3 is 0 Å². The Kier molecular flexibility index (Phi) is 8.46. The van der Waals surface area contributed by atoms with Gasteiger partial charge in [-0.2, -0.15) is 0 Å². The highest BCUT2D eigenvalue weighted by Crippen LogP contribution is 2.19. The summed E-state index contributed by atoms with van der Waals surface area (Å²) >= 11 is 0. The number of benzene rings is 2. The van der Waals surface area contributed by atoms with E-state index in [1.165, 1.54) is 5.56 Å². The van der Waals surface area contributed by atoms with Crippen LogP contribution in [-0.4, -0.2) is 35.9 Å². The minimum atomic E-state index is -0.530. The van der Waals surface area contributed by atoms with Crippen molar-refractivity contribution in [1.82, 2.24) is 10.2 Å². The van der Waals surface area contributed by atoms with Gasteiger partial charge in [-0.3, -0.25) is 9.59 Å². The van der Waals surface area contributed by atoms with Crippen LogP contribution in [0.2, 0.25) is 0 Å². The van der Waals surface area contributed by atoms with Gasteiger partial charge in [0.2, 0.25) is 11.8 Å². The Morgan fingerprint density at radius 1 is 1.03 bits per heavy atom. The predicted octanol–water partition coefficient (Wildman–Crippen LogP) is 4.19. The Morgan fingerprint density at radius 2 is 1.77 bits per heavy atom. The average molecular weight is 411 g/mol. The first-order chi connectivity index (χ1) is 14.2. The van der Waals surface area contributed by atoms with Crippen molar-refractivity contribution < 1.29 is 14.3 Å². The van der Waals surface area contributed by atoms with Gasteiger partial charge in [-0.1, -0.05) is 37.3 Å². The maximum atomic E-state index is 13.4. The highest BCUT2D eigenvalue weighted by molar-refractivity contribution is 5.88. The molecule has 0 saturated heterocycles. The number of rotatable bonds is 9. The van der Waals surface area contributed by atoms with E-state index in [2.05, 4.69) is 12.2 Å². The summed E-state index contributed by atoms with van der Waals surface area (Å²) in [5, 5.41) is 2.96. The molecule has 0 bridgehead atoms. The van der Waals surface area contributed by atoms with Gasteiger partial charge in [-0.05, 0) is 68.5 Å². The molecule has 2 rings (SSSR count). The number of nitrogens with one attached hydrogen (secondary N) is 1. The molecule has 1 N–H and O–H groups in total. The molecule has 0 aliphatic heterocycles. The highest BCUT2D eigenvalue weighted by Gasteiger charge is 2.29. The molecule has 0 heterocycles. The zero-order chi connectivity index (χ0) is 22.3. The molecule has 5 heteroatoms. The van der Waals surface area contributed by atoms with Crippen molar-refractivity contribution in [3.63, 3.8) is 0 Å². The second kappa shape index (κ2) is 10.8. The molecule has 0 aliphatic rings. The second-order valence-corrected chi connectivity index (χ2v) is 8.06. The monoisotopic (exact) mass is 410 g/mol. The fraction of sp³-hybridized carbons (Fsp3) is 0.440. The first-order valence-corrected chi connectivity index (χ1v) is 10.5. The smallest absolute Gasteiger partial charge is 0.243 e. The van der Waals surface area contributed by atoms with Crippen molar-refractivity contribution >= 4 is 11.8 Å². The van der Waals surface area contributed by atoms with Crippen LogP contribution in [0.5, 0.6) is 5.75 Å². The van der Waals surface area contributed by atoms with Crippen molar-refractivity contribution in [2.45, 2.75) is 66.1 Å². The van der Waals surface area contributed by atoms with Gasteiger partial charge in [-0.25, -0.2) is 0 Å². The lowest BCUT2D eigenvalue weighted by atomic mass is 10.0. The molecule has 0 fully saturated rings. The van der Waals surface area contributed by atoms with Gasteiger partial charge in [-0.15, -0.1) is 0 Å². The minimum Gasteiger partial charge on any atom is -0.497 e. The van der Waals surface area contributed by atoms with Crippen molar-refractivity contribution in [3.8, 4) is 5.75 Å². The van der Waals surface area contributed by atoms with Crippen molar-refractivity contribution in [3.05, 3.63) is 64.7 Å².